The van der Waals surface area contributed by atoms with Gasteiger partial charge in [-0.25, -0.2) is 0 Å². The van der Waals surface area contributed by atoms with Gasteiger partial charge in [-0.3, -0.25) is 4.98 Å². The van der Waals surface area contributed by atoms with E-state index in [0.29, 0.717) is 20.8 Å². The number of nitrogens with zero attached hydrogens (tertiary/aromatic N) is 1. The average molecular weight is 344 g/mol. The first-order chi connectivity index (χ1) is 9.79. The lowest BCUT2D eigenvalue weighted by atomic mass is 10.00. The van der Waals surface area contributed by atoms with E-state index < -0.39 is 0 Å². The molecule has 0 fully saturated rings. The zero-order valence-corrected chi connectivity index (χ0v) is 14.7. The van der Waals surface area contributed by atoms with Crippen molar-refractivity contribution in [1.82, 2.24) is 4.98 Å². The minimum atomic E-state index is 0.0364. The second kappa shape index (κ2) is 6.43. The van der Waals surface area contributed by atoms with Gasteiger partial charge in [0.1, 0.15) is 0 Å². The topological polar surface area (TPSA) is 24.9 Å². The van der Waals surface area contributed by atoms with Crippen LogP contribution in [0.25, 0.3) is 0 Å². The first kappa shape index (κ1) is 16.4. The molecule has 1 aromatic carbocycles. The van der Waals surface area contributed by atoms with Gasteiger partial charge in [0, 0.05) is 16.4 Å². The average Bonchev–Trinajstić information content (AvgIpc) is 2.32. The molecular formula is C16H17Cl3N2. The highest BCUT2D eigenvalue weighted by molar-refractivity contribution is 6.41. The summed E-state index contributed by atoms with van der Waals surface area (Å²) >= 11 is 18.4. The lowest BCUT2D eigenvalue weighted by molar-refractivity contribution is 0.843. The Morgan fingerprint density at radius 2 is 1.57 bits per heavy atom. The van der Waals surface area contributed by atoms with Crippen LogP contribution in [0.3, 0.4) is 0 Å². The van der Waals surface area contributed by atoms with Crippen molar-refractivity contribution in [3.05, 3.63) is 55.8 Å². The van der Waals surface area contributed by atoms with Crippen molar-refractivity contribution in [1.29, 1.82) is 0 Å². The molecule has 0 amide bonds. The minimum Gasteiger partial charge on any atom is -0.376 e. The van der Waals surface area contributed by atoms with Crippen LogP contribution in [0.15, 0.2) is 18.2 Å². The first-order valence-electron chi connectivity index (χ1n) is 6.65. The summed E-state index contributed by atoms with van der Waals surface area (Å²) in [5.41, 5.74) is 5.07. The first-order valence-corrected chi connectivity index (χ1v) is 7.78. The standard InChI is InChI=1S/C16H17Cl3N2/c1-8-5-9(2)20-10(3)15(8)11(4)21-16-13(18)6-12(17)7-14(16)19/h5-7,11,21H,1-4H3. The molecule has 0 aliphatic heterocycles. The van der Waals surface area contributed by atoms with E-state index in [2.05, 4.69) is 30.2 Å². The number of pyridine rings is 1. The highest BCUT2D eigenvalue weighted by atomic mass is 35.5. The lowest BCUT2D eigenvalue weighted by Crippen LogP contribution is -2.12. The maximum atomic E-state index is 6.22. The number of aryl methyl sites for hydroxylation is 3. The second-order valence-corrected chi connectivity index (χ2v) is 6.44. The fourth-order valence-electron chi connectivity index (χ4n) is 2.66. The van der Waals surface area contributed by atoms with Crippen LogP contribution in [0.4, 0.5) is 5.69 Å². The van der Waals surface area contributed by atoms with Crippen molar-refractivity contribution >= 4 is 40.5 Å². The summed E-state index contributed by atoms with van der Waals surface area (Å²) in [5.74, 6) is 0. The number of rotatable bonds is 3. The highest BCUT2D eigenvalue weighted by Gasteiger charge is 2.16. The van der Waals surface area contributed by atoms with Crippen LogP contribution in [0.5, 0.6) is 0 Å². The van der Waals surface area contributed by atoms with Gasteiger partial charge in [-0.15, -0.1) is 0 Å². The van der Waals surface area contributed by atoms with Gasteiger partial charge < -0.3 is 5.32 Å². The van der Waals surface area contributed by atoms with E-state index in [1.807, 2.05) is 13.8 Å². The van der Waals surface area contributed by atoms with E-state index in [9.17, 15) is 0 Å². The van der Waals surface area contributed by atoms with Crippen molar-refractivity contribution in [3.8, 4) is 0 Å². The van der Waals surface area contributed by atoms with Gasteiger partial charge in [0.05, 0.1) is 21.8 Å². The molecule has 2 aromatic rings. The van der Waals surface area contributed by atoms with Crippen LogP contribution in [-0.4, -0.2) is 4.98 Å². The normalized spacial score (nSPS) is 12.3. The lowest BCUT2D eigenvalue weighted by Gasteiger charge is -2.21. The van der Waals surface area contributed by atoms with Gasteiger partial charge in [-0.05, 0) is 57.0 Å². The van der Waals surface area contributed by atoms with E-state index in [-0.39, 0.29) is 6.04 Å². The van der Waals surface area contributed by atoms with E-state index >= 15 is 0 Å². The molecule has 0 saturated carbocycles. The number of nitrogens with one attached hydrogen (secondary N) is 1. The van der Waals surface area contributed by atoms with Gasteiger partial charge in [0.25, 0.3) is 0 Å². The Kier molecular flexibility index (Phi) is 5.03. The van der Waals surface area contributed by atoms with Crippen molar-refractivity contribution < 1.29 is 0 Å². The largest absolute Gasteiger partial charge is 0.376 e. The second-order valence-electron chi connectivity index (χ2n) is 5.19. The predicted molar refractivity (Wildman–Crippen MR) is 92.0 cm³/mol. The minimum absolute atomic E-state index is 0.0364. The van der Waals surface area contributed by atoms with Gasteiger partial charge in [0.15, 0.2) is 0 Å². The van der Waals surface area contributed by atoms with Gasteiger partial charge in [0.2, 0.25) is 0 Å². The third-order valence-electron chi connectivity index (χ3n) is 3.38. The zero-order valence-electron chi connectivity index (χ0n) is 12.4. The summed E-state index contributed by atoms with van der Waals surface area (Å²) < 4.78 is 0. The van der Waals surface area contributed by atoms with E-state index in [1.54, 1.807) is 12.1 Å². The molecule has 0 spiro atoms. The SMILES string of the molecule is Cc1cc(C)c(C(C)Nc2c(Cl)cc(Cl)cc2Cl)c(C)n1. The van der Waals surface area contributed by atoms with Crippen LogP contribution in [0.2, 0.25) is 15.1 Å². The molecule has 0 bridgehead atoms. The molecule has 2 rings (SSSR count). The van der Waals surface area contributed by atoms with Gasteiger partial charge in [-0.1, -0.05) is 34.8 Å². The fourth-order valence-corrected chi connectivity index (χ4v) is 3.58. The van der Waals surface area contributed by atoms with Crippen LogP contribution in [0, 0.1) is 20.8 Å². The maximum absolute atomic E-state index is 6.22. The summed E-state index contributed by atoms with van der Waals surface area (Å²) in [6.07, 6.45) is 0. The molecular weight excluding hydrogens is 327 g/mol. The van der Waals surface area contributed by atoms with E-state index in [1.165, 1.54) is 5.56 Å². The summed E-state index contributed by atoms with van der Waals surface area (Å²) in [6, 6.07) is 5.47. The van der Waals surface area contributed by atoms with Gasteiger partial charge in [-0.2, -0.15) is 0 Å². The highest BCUT2D eigenvalue weighted by Crippen LogP contribution is 2.36. The Morgan fingerprint density at radius 3 is 2.10 bits per heavy atom. The third kappa shape index (κ3) is 3.63. The number of halogens is 3. The van der Waals surface area contributed by atoms with Crippen LogP contribution < -0.4 is 5.32 Å². The van der Waals surface area contributed by atoms with Crippen LogP contribution >= 0.6 is 34.8 Å². The monoisotopic (exact) mass is 342 g/mol. The number of hydrogen-bond acceptors (Lipinski definition) is 2. The molecule has 0 radical (unpaired) electrons. The molecule has 1 N–H and O–H groups in total. The molecule has 112 valence electrons. The Bertz CT molecular complexity index is 637. The molecule has 1 atom stereocenters. The summed E-state index contributed by atoms with van der Waals surface area (Å²) in [6.45, 7) is 8.15. The molecule has 0 aliphatic rings. The Balaban J connectivity index is 2.37. The Morgan fingerprint density at radius 1 is 1.00 bits per heavy atom. The molecule has 2 nitrogen and oxygen atoms in total. The summed E-state index contributed by atoms with van der Waals surface area (Å²) in [7, 11) is 0. The molecule has 5 heteroatoms. The summed E-state index contributed by atoms with van der Waals surface area (Å²) in [5, 5.41) is 4.90. The van der Waals surface area contributed by atoms with Crippen molar-refractivity contribution in [3.63, 3.8) is 0 Å². The molecule has 21 heavy (non-hydrogen) atoms. The fraction of sp³-hybridized carbons (Fsp3) is 0.312. The number of hydrogen-bond donors (Lipinski definition) is 1. The van der Waals surface area contributed by atoms with Crippen molar-refractivity contribution in [2.45, 2.75) is 33.7 Å². The zero-order chi connectivity index (χ0) is 15.7. The number of benzene rings is 1. The number of anilines is 1. The molecule has 0 aliphatic carbocycles. The molecule has 1 unspecified atom stereocenters. The summed E-state index contributed by atoms with van der Waals surface area (Å²) in [4.78, 5) is 4.53. The molecule has 1 heterocycles. The van der Waals surface area contributed by atoms with E-state index in [4.69, 9.17) is 34.8 Å². The number of aromatic nitrogens is 1. The van der Waals surface area contributed by atoms with Crippen LogP contribution in [0.1, 0.15) is 35.5 Å². The predicted octanol–water partition coefficient (Wildman–Crippen LogP) is 6.14. The smallest absolute Gasteiger partial charge is 0.0724 e. The van der Waals surface area contributed by atoms with Crippen LogP contribution in [-0.2, 0) is 0 Å². The van der Waals surface area contributed by atoms with E-state index in [0.717, 1.165) is 17.0 Å². The quantitative estimate of drug-likeness (QED) is 0.724. The Hall–Kier alpha value is -0.960. The van der Waals surface area contributed by atoms with Gasteiger partial charge >= 0.3 is 0 Å². The Labute approximate surface area is 140 Å². The molecule has 1 aromatic heterocycles. The third-order valence-corrected chi connectivity index (χ3v) is 4.20. The van der Waals surface area contributed by atoms with Crippen molar-refractivity contribution in [2.24, 2.45) is 0 Å². The maximum Gasteiger partial charge on any atom is 0.0724 e. The van der Waals surface area contributed by atoms with Crippen molar-refractivity contribution in [2.75, 3.05) is 5.32 Å². The molecule has 0 saturated heterocycles.